The van der Waals surface area contributed by atoms with E-state index in [0.29, 0.717) is 24.6 Å². The molecule has 3 rings (SSSR count). The standard InChI is InChI=1S/C20H25N3O4/c1-13-7-8-17(18(11-13)26-3)27-14(2)20(25)21-9-10-23-19(24)12-15-5-4-6-16(15)22-23/h7-8,11-12,14H,4-6,9-10H2,1-3H3,(H,21,25)/t14-/m0/s1. The fraction of sp³-hybridized carbons (Fsp3) is 0.450. The first-order valence-electron chi connectivity index (χ1n) is 9.17. The molecule has 0 unspecified atom stereocenters. The lowest BCUT2D eigenvalue weighted by atomic mass is 10.2. The summed E-state index contributed by atoms with van der Waals surface area (Å²) in [5, 5.41) is 7.19. The summed E-state index contributed by atoms with van der Waals surface area (Å²) in [7, 11) is 1.56. The second-order valence-electron chi connectivity index (χ2n) is 6.74. The third-order valence-corrected chi connectivity index (χ3v) is 4.64. The molecule has 7 nitrogen and oxygen atoms in total. The SMILES string of the molecule is COc1cc(C)ccc1O[C@@H](C)C(=O)NCCn1nc2c(cc1=O)CCC2. The first kappa shape index (κ1) is 18.9. The summed E-state index contributed by atoms with van der Waals surface area (Å²) < 4.78 is 12.4. The van der Waals surface area contributed by atoms with E-state index < -0.39 is 6.10 Å². The maximum atomic E-state index is 12.3. The molecule has 1 heterocycles. The lowest BCUT2D eigenvalue weighted by Crippen LogP contribution is -2.39. The van der Waals surface area contributed by atoms with Crippen molar-refractivity contribution >= 4 is 5.91 Å². The van der Waals surface area contributed by atoms with Gasteiger partial charge in [0.05, 0.1) is 19.3 Å². The Morgan fingerprint density at radius 1 is 1.30 bits per heavy atom. The summed E-state index contributed by atoms with van der Waals surface area (Å²) in [5.41, 5.74) is 2.96. The molecule has 1 N–H and O–H groups in total. The second-order valence-corrected chi connectivity index (χ2v) is 6.74. The van der Waals surface area contributed by atoms with Gasteiger partial charge >= 0.3 is 0 Å². The lowest BCUT2D eigenvalue weighted by Gasteiger charge is -2.17. The molecule has 1 aromatic carbocycles. The number of ether oxygens (including phenoxy) is 2. The van der Waals surface area contributed by atoms with Crippen LogP contribution in [-0.2, 0) is 24.2 Å². The summed E-state index contributed by atoms with van der Waals surface area (Å²) in [5.74, 6) is 0.845. The average molecular weight is 371 g/mol. The molecular formula is C20H25N3O4. The minimum Gasteiger partial charge on any atom is -0.493 e. The van der Waals surface area contributed by atoms with Crippen molar-refractivity contribution < 1.29 is 14.3 Å². The first-order valence-corrected chi connectivity index (χ1v) is 9.17. The van der Waals surface area contributed by atoms with Gasteiger partial charge in [-0.1, -0.05) is 6.07 Å². The number of hydrogen-bond donors (Lipinski definition) is 1. The minimum absolute atomic E-state index is 0.126. The van der Waals surface area contributed by atoms with Gasteiger partial charge in [0.15, 0.2) is 17.6 Å². The molecular weight excluding hydrogens is 346 g/mol. The second kappa shape index (κ2) is 8.24. The minimum atomic E-state index is -0.689. The predicted octanol–water partition coefficient (Wildman–Crippen LogP) is 1.63. The Bertz CT molecular complexity index is 891. The predicted molar refractivity (Wildman–Crippen MR) is 101 cm³/mol. The fourth-order valence-electron chi connectivity index (χ4n) is 3.14. The summed E-state index contributed by atoms with van der Waals surface area (Å²) in [6.45, 7) is 4.27. The maximum Gasteiger partial charge on any atom is 0.267 e. The zero-order valence-electron chi connectivity index (χ0n) is 15.9. The van der Waals surface area contributed by atoms with Gasteiger partial charge in [-0.05, 0) is 56.4 Å². The Labute approximate surface area is 158 Å². The molecule has 1 atom stereocenters. The monoisotopic (exact) mass is 371 g/mol. The number of aryl methyl sites for hydroxylation is 3. The van der Waals surface area contributed by atoms with Crippen LogP contribution in [0.3, 0.4) is 0 Å². The topological polar surface area (TPSA) is 82.4 Å². The molecule has 0 saturated carbocycles. The van der Waals surface area contributed by atoms with Crippen molar-refractivity contribution in [1.29, 1.82) is 0 Å². The third-order valence-electron chi connectivity index (χ3n) is 4.64. The summed E-state index contributed by atoms with van der Waals surface area (Å²) in [4.78, 5) is 24.4. The van der Waals surface area contributed by atoms with Crippen LogP contribution in [0.15, 0.2) is 29.1 Å². The molecule has 1 aromatic heterocycles. The van der Waals surface area contributed by atoms with Crippen molar-refractivity contribution in [3.8, 4) is 11.5 Å². The van der Waals surface area contributed by atoms with Gasteiger partial charge in [-0.25, -0.2) is 4.68 Å². The Morgan fingerprint density at radius 2 is 2.11 bits per heavy atom. The van der Waals surface area contributed by atoms with Crippen LogP contribution >= 0.6 is 0 Å². The molecule has 1 aliphatic carbocycles. The van der Waals surface area contributed by atoms with E-state index in [9.17, 15) is 9.59 Å². The van der Waals surface area contributed by atoms with Gasteiger partial charge in [0.2, 0.25) is 0 Å². The quantitative estimate of drug-likeness (QED) is 0.800. The number of amides is 1. The highest BCUT2D eigenvalue weighted by Crippen LogP contribution is 2.28. The third kappa shape index (κ3) is 4.48. The summed E-state index contributed by atoms with van der Waals surface area (Å²) >= 11 is 0. The van der Waals surface area contributed by atoms with Crippen molar-refractivity contribution in [3.63, 3.8) is 0 Å². The van der Waals surface area contributed by atoms with E-state index >= 15 is 0 Å². The van der Waals surface area contributed by atoms with E-state index in [2.05, 4.69) is 10.4 Å². The molecule has 1 amide bonds. The number of methoxy groups -OCH3 is 1. The molecule has 2 aromatic rings. The van der Waals surface area contributed by atoms with Gasteiger partial charge in [-0.3, -0.25) is 9.59 Å². The number of nitrogens with one attached hydrogen (secondary N) is 1. The van der Waals surface area contributed by atoms with Gasteiger partial charge in [0, 0.05) is 12.6 Å². The number of benzene rings is 1. The van der Waals surface area contributed by atoms with Crippen molar-refractivity contribution in [1.82, 2.24) is 15.1 Å². The van der Waals surface area contributed by atoms with Crippen LogP contribution in [0.1, 0.15) is 30.2 Å². The van der Waals surface area contributed by atoms with Crippen LogP contribution in [0, 0.1) is 6.92 Å². The Kier molecular flexibility index (Phi) is 5.78. The number of nitrogens with zero attached hydrogens (tertiary/aromatic N) is 2. The van der Waals surface area contributed by atoms with Crippen LogP contribution < -0.4 is 20.3 Å². The number of fused-ring (bicyclic) bond motifs is 1. The highest BCUT2D eigenvalue weighted by atomic mass is 16.5. The molecule has 7 heteroatoms. The van der Waals surface area contributed by atoms with E-state index in [4.69, 9.17) is 9.47 Å². The molecule has 0 spiro atoms. The van der Waals surface area contributed by atoms with Gasteiger partial charge in [-0.2, -0.15) is 5.10 Å². The molecule has 1 aliphatic rings. The highest BCUT2D eigenvalue weighted by molar-refractivity contribution is 5.80. The van der Waals surface area contributed by atoms with Crippen LogP contribution in [0.4, 0.5) is 0 Å². The first-order chi connectivity index (χ1) is 13.0. The van der Waals surface area contributed by atoms with E-state index in [1.54, 1.807) is 26.2 Å². The molecule has 27 heavy (non-hydrogen) atoms. The van der Waals surface area contributed by atoms with Crippen molar-refractivity contribution in [2.24, 2.45) is 0 Å². The van der Waals surface area contributed by atoms with E-state index in [0.717, 1.165) is 36.1 Å². The van der Waals surface area contributed by atoms with Gasteiger partial charge in [0.25, 0.3) is 11.5 Å². The fourth-order valence-corrected chi connectivity index (χ4v) is 3.14. The van der Waals surface area contributed by atoms with E-state index in [1.807, 2.05) is 19.1 Å². The van der Waals surface area contributed by atoms with Crippen LogP contribution in [0.5, 0.6) is 11.5 Å². The Hall–Kier alpha value is -2.83. The van der Waals surface area contributed by atoms with Crippen molar-refractivity contribution in [2.75, 3.05) is 13.7 Å². The maximum absolute atomic E-state index is 12.3. The largest absolute Gasteiger partial charge is 0.493 e. The number of carbonyl (C=O) groups excluding carboxylic acids is 1. The number of aromatic nitrogens is 2. The molecule has 0 saturated heterocycles. The normalized spacial score (nSPS) is 13.7. The van der Waals surface area contributed by atoms with Gasteiger partial charge < -0.3 is 14.8 Å². The van der Waals surface area contributed by atoms with E-state index in [1.165, 1.54) is 4.68 Å². The smallest absolute Gasteiger partial charge is 0.267 e. The van der Waals surface area contributed by atoms with Gasteiger partial charge in [0.1, 0.15) is 0 Å². The zero-order chi connectivity index (χ0) is 19.4. The van der Waals surface area contributed by atoms with Crippen LogP contribution in [0.25, 0.3) is 0 Å². The number of carbonyl (C=O) groups is 1. The number of hydrogen-bond acceptors (Lipinski definition) is 5. The van der Waals surface area contributed by atoms with E-state index in [-0.39, 0.29) is 11.5 Å². The molecule has 0 radical (unpaired) electrons. The van der Waals surface area contributed by atoms with Crippen molar-refractivity contribution in [2.45, 2.75) is 45.8 Å². The lowest BCUT2D eigenvalue weighted by molar-refractivity contribution is -0.127. The Balaban J connectivity index is 1.54. The molecule has 0 bridgehead atoms. The summed E-state index contributed by atoms with van der Waals surface area (Å²) in [6.07, 6.45) is 2.18. The van der Waals surface area contributed by atoms with Crippen LogP contribution in [-0.4, -0.2) is 35.4 Å². The zero-order valence-corrected chi connectivity index (χ0v) is 15.9. The molecule has 144 valence electrons. The molecule has 0 aliphatic heterocycles. The average Bonchev–Trinajstić information content (AvgIpc) is 3.10. The summed E-state index contributed by atoms with van der Waals surface area (Å²) in [6, 6.07) is 7.19. The molecule has 0 fully saturated rings. The highest BCUT2D eigenvalue weighted by Gasteiger charge is 2.18. The van der Waals surface area contributed by atoms with Gasteiger partial charge in [-0.15, -0.1) is 0 Å². The Morgan fingerprint density at radius 3 is 2.89 bits per heavy atom. The van der Waals surface area contributed by atoms with Crippen LogP contribution in [0.2, 0.25) is 0 Å². The number of rotatable bonds is 7. The van der Waals surface area contributed by atoms with Crippen molar-refractivity contribution in [3.05, 3.63) is 51.4 Å².